The van der Waals surface area contributed by atoms with E-state index in [0.29, 0.717) is 19.4 Å². The second kappa shape index (κ2) is 10.8. The molecule has 0 aliphatic carbocycles. The van der Waals surface area contributed by atoms with Gasteiger partial charge in [-0.3, -0.25) is 4.79 Å². The summed E-state index contributed by atoms with van der Waals surface area (Å²) in [7, 11) is 0. The topological polar surface area (TPSA) is 38.3 Å². The first-order valence-corrected chi connectivity index (χ1v) is 9.43. The molecular weight excluding hydrogens is 318 g/mol. The molecule has 1 amide bonds. The number of rotatable bonds is 10. The molecule has 0 bridgehead atoms. The molecule has 0 aliphatic heterocycles. The third-order valence-electron chi connectivity index (χ3n) is 3.55. The van der Waals surface area contributed by atoms with Crippen LogP contribution in [-0.4, -0.2) is 24.8 Å². The molecule has 0 spiro atoms. The van der Waals surface area contributed by atoms with Crippen LogP contribution in [0.1, 0.15) is 25.3 Å². The number of hydrogen-bond donors (Lipinski definition) is 1. The van der Waals surface area contributed by atoms with E-state index in [0.717, 1.165) is 30.0 Å². The fourth-order valence-corrected chi connectivity index (χ4v) is 3.22. The van der Waals surface area contributed by atoms with Gasteiger partial charge >= 0.3 is 0 Å². The Morgan fingerprint density at radius 3 is 2.62 bits per heavy atom. The smallest absolute Gasteiger partial charge is 0.220 e. The molecule has 3 nitrogen and oxygen atoms in total. The number of ether oxygens (including phenoxy) is 1. The number of hydrogen-bond acceptors (Lipinski definition) is 3. The van der Waals surface area contributed by atoms with Crippen LogP contribution in [0.15, 0.2) is 59.5 Å². The highest BCUT2D eigenvalue weighted by atomic mass is 32.2. The van der Waals surface area contributed by atoms with E-state index >= 15 is 0 Å². The molecule has 0 aromatic heterocycles. The molecule has 0 saturated heterocycles. The molecule has 0 atom stereocenters. The lowest BCUT2D eigenvalue weighted by Crippen LogP contribution is -2.25. The van der Waals surface area contributed by atoms with Crippen molar-refractivity contribution < 1.29 is 9.53 Å². The van der Waals surface area contributed by atoms with Crippen molar-refractivity contribution >= 4 is 17.7 Å². The number of benzene rings is 2. The fourth-order valence-electron chi connectivity index (χ4n) is 2.35. The normalized spacial score (nSPS) is 10.4. The van der Waals surface area contributed by atoms with Crippen LogP contribution in [0.3, 0.4) is 0 Å². The first-order chi connectivity index (χ1) is 11.8. The van der Waals surface area contributed by atoms with Gasteiger partial charge < -0.3 is 10.1 Å². The predicted molar refractivity (Wildman–Crippen MR) is 101 cm³/mol. The maximum Gasteiger partial charge on any atom is 0.220 e. The van der Waals surface area contributed by atoms with Crippen molar-refractivity contribution in [3.63, 3.8) is 0 Å². The molecule has 1 N–H and O–H groups in total. The van der Waals surface area contributed by atoms with Crippen LogP contribution in [0.2, 0.25) is 0 Å². The largest absolute Gasteiger partial charge is 0.494 e. The number of amides is 1. The van der Waals surface area contributed by atoms with Crippen molar-refractivity contribution in [1.82, 2.24) is 5.32 Å². The van der Waals surface area contributed by atoms with E-state index in [1.807, 2.05) is 61.2 Å². The number of thioether (sulfide) groups is 1. The summed E-state index contributed by atoms with van der Waals surface area (Å²) in [6.45, 7) is 3.34. The molecule has 2 aromatic carbocycles. The van der Waals surface area contributed by atoms with E-state index in [-0.39, 0.29) is 5.91 Å². The van der Waals surface area contributed by atoms with Crippen LogP contribution >= 0.6 is 11.8 Å². The molecule has 24 heavy (non-hydrogen) atoms. The number of carbonyl (C=O) groups is 1. The average Bonchev–Trinajstić information content (AvgIpc) is 2.62. The minimum atomic E-state index is 0.103. The standard InChI is InChI=1S/C20H25NO2S/c1-2-23-19-12-7-6-9-17(19)13-14-20(22)21-15-8-16-24-18-10-4-3-5-11-18/h3-7,9-12H,2,8,13-16H2,1H3,(H,21,22). The van der Waals surface area contributed by atoms with Gasteiger partial charge in [0.1, 0.15) is 5.75 Å². The molecule has 2 rings (SSSR count). The van der Waals surface area contributed by atoms with E-state index in [9.17, 15) is 4.79 Å². The van der Waals surface area contributed by atoms with Crippen molar-refractivity contribution in [1.29, 1.82) is 0 Å². The number of nitrogens with one attached hydrogen (secondary N) is 1. The molecule has 0 fully saturated rings. The molecule has 4 heteroatoms. The zero-order valence-corrected chi connectivity index (χ0v) is 15.0. The Hall–Kier alpha value is -1.94. The minimum absolute atomic E-state index is 0.103. The lowest BCUT2D eigenvalue weighted by molar-refractivity contribution is -0.121. The van der Waals surface area contributed by atoms with Gasteiger partial charge in [-0.15, -0.1) is 11.8 Å². The van der Waals surface area contributed by atoms with E-state index in [1.54, 1.807) is 0 Å². The van der Waals surface area contributed by atoms with Gasteiger partial charge in [0.15, 0.2) is 0 Å². The first-order valence-electron chi connectivity index (χ1n) is 8.45. The predicted octanol–water partition coefficient (Wildman–Crippen LogP) is 4.32. The van der Waals surface area contributed by atoms with Gasteiger partial charge in [0.2, 0.25) is 5.91 Å². The van der Waals surface area contributed by atoms with E-state index in [2.05, 4.69) is 17.4 Å². The summed E-state index contributed by atoms with van der Waals surface area (Å²) in [5, 5.41) is 3.00. The van der Waals surface area contributed by atoms with E-state index < -0.39 is 0 Å². The van der Waals surface area contributed by atoms with Gasteiger partial charge in [-0.05, 0) is 49.3 Å². The van der Waals surface area contributed by atoms with Crippen molar-refractivity contribution in [2.45, 2.75) is 31.1 Å². The fraction of sp³-hybridized carbons (Fsp3) is 0.350. The SMILES string of the molecule is CCOc1ccccc1CCC(=O)NCCCSc1ccccc1. The van der Waals surface area contributed by atoms with Crippen LogP contribution in [-0.2, 0) is 11.2 Å². The molecule has 0 heterocycles. The molecule has 128 valence electrons. The Kier molecular flexibility index (Phi) is 8.25. The maximum absolute atomic E-state index is 12.0. The van der Waals surface area contributed by atoms with Gasteiger partial charge in [0.05, 0.1) is 6.61 Å². The molecule has 0 radical (unpaired) electrons. The molecular formula is C20H25NO2S. The van der Waals surface area contributed by atoms with Crippen molar-refractivity contribution in [2.24, 2.45) is 0 Å². The summed E-state index contributed by atoms with van der Waals surface area (Å²) >= 11 is 1.82. The zero-order chi connectivity index (χ0) is 17.0. The molecule has 2 aromatic rings. The van der Waals surface area contributed by atoms with Crippen LogP contribution in [0.25, 0.3) is 0 Å². The first kappa shape index (κ1) is 18.4. The molecule has 0 unspecified atom stereocenters. The van der Waals surface area contributed by atoms with Gasteiger partial charge in [-0.2, -0.15) is 0 Å². The zero-order valence-electron chi connectivity index (χ0n) is 14.2. The monoisotopic (exact) mass is 343 g/mol. The Balaban J connectivity index is 1.62. The lowest BCUT2D eigenvalue weighted by Gasteiger charge is -2.10. The van der Waals surface area contributed by atoms with Gasteiger partial charge in [-0.1, -0.05) is 36.4 Å². The Bertz CT molecular complexity index is 616. The summed E-state index contributed by atoms with van der Waals surface area (Å²) in [6, 6.07) is 18.3. The van der Waals surface area contributed by atoms with Gasteiger partial charge in [0.25, 0.3) is 0 Å². The highest BCUT2D eigenvalue weighted by Gasteiger charge is 2.06. The summed E-state index contributed by atoms with van der Waals surface area (Å²) in [6.07, 6.45) is 2.18. The lowest BCUT2D eigenvalue weighted by atomic mass is 10.1. The van der Waals surface area contributed by atoms with E-state index in [1.165, 1.54) is 4.90 Å². The summed E-state index contributed by atoms with van der Waals surface area (Å²) in [5.74, 6) is 2.00. The summed E-state index contributed by atoms with van der Waals surface area (Å²) in [5.41, 5.74) is 1.09. The second-order valence-corrected chi connectivity index (χ2v) is 6.57. The highest BCUT2D eigenvalue weighted by Crippen LogP contribution is 2.19. The van der Waals surface area contributed by atoms with E-state index in [4.69, 9.17) is 4.74 Å². The third kappa shape index (κ3) is 6.67. The number of para-hydroxylation sites is 1. The quantitative estimate of drug-likeness (QED) is 0.516. The van der Waals surface area contributed by atoms with Crippen LogP contribution < -0.4 is 10.1 Å². The van der Waals surface area contributed by atoms with Crippen LogP contribution in [0.5, 0.6) is 5.75 Å². The van der Waals surface area contributed by atoms with Crippen molar-refractivity contribution in [3.05, 3.63) is 60.2 Å². The number of aryl methyl sites for hydroxylation is 1. The van der Waals surface area contributed by atoms with Crippen LogP contribution in [0.4, 0.5) is 0 Å². The Labute approximate surface area is 148 Å². The molecule has 0 aliphatic rings. The Morgan fingerprint density at radius 2 is 1.83 bits per heavy atom. The van der Waals surface area contributed by atoms with Crippen molar-refractivity contribution in [3.8, 4) is 5.75 Å². The number of carbonyl (C=O) groups excluding carboxylic acids is 1. The average molecular weight is 343 g/mol. The second-order valence-electron chi connectivity index (χ2n) is 5.41. The van der Waals surface area contributed by atoms with Crippen LogP contribution in [0, 0.1) is 0 Å². The summed E-state index contributed by atoms with van der Waals surface area (Å²) in [4.78, 5) is 13.2. The summed E-state index contributed by atoms with van der Waals surface area (Å²) < 4.78 is 5.59. The minimum Gasteiger partial charge on any atom is -0.494 e. The molecule has 0 saturated carbocycles. The van der Waals surface area contributed by atoms with Gasteiger partial charge in [0, 0.05) is 17.9 Å². The highest BCUT2D eigenvalue weighted by molar-refractivity contribution is 7.99. The van der Waals surface area contributed by atoms with Crippen molar-refractivity contribution in [2.75, 3.05) is 18.9 Å². The Morgan fingerprint density at radius 1 is 1.08 bits per heavy atom. The maximum atomic E-state index is 12.0. The third-order valence-corrected chi connectivity index (χ3v) is 4.65. The van der Waals surface area contributed by atoms with Gasteiger partial charge in [-0.25, -0.2) is 0 Å².